The Kier molecular flexibility index (Phi) is 5.81. The molecule has 1 spiro atoms. The molecule has 7 nitrogen and oxygen atoms in total. The highest BCUT2D eigenvalue weighted by atomic mass is 32.2. The second-order valence-electron chi connectivity index (χ2n) is 8.22. The van der Waals surface area contributed by atoms with Gasteiger partial charge in [0.2, 0.25) is 5.91 Å². The molecular formula is C21H27N3O4S. The number of nitro benzene ring substituents is 1. The lowest BCUT2D eigenvalue weighted by molar-refractivity contribution is -0.384. The van der Waals surface area contributed by atoms with Gasteiger partial charge in [0.25, 0.3) is 11.6 Å². The Balaban J connectivity index is 1.42. The van der Waals surface area contributed by atoms with Crippen LogP contribution in [-0.2, 0) is 4.79 Å². The molecule has 2 saturated heterocycles. The zero-order chi connectivity index (χ0) is 20.4. The van der Waals surface area contributed by atoms with E-state index in [1.165, 1.54) is 18.6 Å². The Morgan fingerprint density at radius 2 is 1.83 bits per heavy atom. The van der Waals surface area contributed by atoms with Crippen molar-refractivity contribution < 1.29 is 14.5 Å². The first kappa shape index (κ1) is 20.2. The van der Waals surface area contributed by atoms with Crippen molar-refractivity contribution in [1.82, 2.24) is 9.80 Å². The maximum Gasteiger partial charge on any atom is 0.270 e. The van der Waals surface area contributed by atoms with Crippen LogP contribution in [-0.4, -0.2) is 56.8 Å². The molecule has 2 heterocycles. The minimum absolute atomic E-state index is 0.0695. The average Bonchev–Trinajstić information content (AvgIpc) is 3.16. The predicted molar refractivity (Wildman–Crippen MR) is 112 cm³/mol. The number of non-ortho nitro benzene ring substituents is 1. The third-order valence-electron chi connectivity index (χ3n) is 6.53. The molecule has 0 radical (unpaired) electrons. The minimum Gasteiger partial charge on any atom is -0.338 e. The lowest BCUT2D eigenvalue weighted by atomic mass is 9.87. The molecule has 4 rings (SSSR count). The van der Waals surface area contributed by atoms with Crippen molar-refractivity contribution in [3.63, 3.8) is 0 Å². The van der Waals surface area contributed by atoms with Gasteiger partial charge in [0.1, 0.15) is 0 Å². The van der Waals surface area contributed by atoms with E-state index in [9.17, 15) is 19.7 Å². The van der Waals surface area contributed by atoms with Gasteiger partial charge in [-0.1, -0.05) is 25.3 Å². The third-order valence-corrected chi connectivity index (χ3v) is 8.09. The van der Waals surface area contributed by atoms with Crippen molar-refractivity contribution >= 4 is 29.3 Å². The second-order valence-corrected chi connectivity index (χ2v) is 9.68. The number of hydrogen-bond donors (Lipinski definition) is 0. The van der Waals surface area contributed by atoms with Gasteiger partial charge in [-0.25, -0.2) is 0 Å². The summed E-state index contributed by atoms with van der Waals surface area (Å²) in [6.45, 7) is 1.95. The summed E-state index contributed by atoms with van der Waals surface area (Å²) in [7, 11) is 0. The highest BCUT2D eigenvalue weighted by Gasteiger charge is 2.48. The Labute approximate surface area is 175 Å². The van der Waals surface area contributed by atoms with Crippen LogP contribution in [0.4, 0.5) is 5.69 Å². The molecular weight excluding hydrogens is 390 g/mol. The average molecular weight is 418 g/mol. The van der Waals surface area contributed by atoms with Crippen LogP contribution in [0, 0.1) is 16.0 Å². The molecule has 1 saturated carbocycles. The maximum atomic E-state index is 13.2. The molecule has 8 heteroatoms. The Morgan fingerprint density at radius 3 is 2.52 bits per heavy atom. The van der Waals surface area contributed by atoms with Gasteiger partial charge in [-0.3, -0.25) is 19.7 Å². The molecule has 0 bridgehead atoms. The summed E-state index contributed by atoms with van der Waals surface area (Å²) < 4.78 is 0. The smallest absolute Gasteiger partial charge is 0.270 e. The van der Waals surface area contributed by atoms with E-state index in [-0.39, 0.29) is 22.4 Å². The number of nitro groups is 1. The molecule has 3 aliphatic rings. The van der Waals surface area contributed by atoms with Gasteiger partial charge in [-0.2, -0.15) is 0 Å². The lowest BCUT2D eigenvalue weighted by Crippen LogP contribution is -2.55. The van der Waals surface area contributed by atoms with E-state index in [2.05, 4.69) is 4.90 Å². The highest BCUT2D eigenvalue weighted by Crippen LogP contribution is 2.45. The van der Waals surface area contributed by atoms with Crippen molar-refractivity contribution in [2.75, 3.05) is 25.4 Å². The van der Waals surface area contributed by atoms with Crippen LogP contribution in [0.15, 0.2) is 24.3 Å². The topological polar surface area (TPSA) is 83.8 Å². The Bertz CT molecular complexity index is 801. The zero-order valence-corrected chi connectivity index (χ0v) is 17.4. The molecule has 3 fully saturated rings. The maximum absolute atomic E-state index is 13.2. The molecule has 2 aliphatic heterocycles. The summed E-state index contributed by atoms with van der Waals surface area (Å²) in [5.74, 6) is 1.27. The van der Waals surface area contributed by atoms with E-state index in [4.69, 9.17) is 0 Å². The molecule has 0 aromatic heterocycles. The number of carbonyl (C=O) groups excluding carboxylic acids is 2. The number of amides is 2. The number of carbonyl (C=O) groups is 2. The van der Waals surface area contributed by atoms with Crippen molar-refractivity contribution in [2.45, 2.75) is 49.8 Å². The fraction of sp³-hybridized carbons (Fsp3) is 0.619. The Morgan fingerprint density at radius 1 is 1.10 bits per heavy atom. The van der Waals surface area contributed by atoms with Gasteiger partial charge in [0.05, 0.1) is 9.79 Å². The number of thioether (sulfide) groups is 1. The van der Waals surface area contributed by atoms with Gasteiger partial charge < -0.3 is 9.80 Å². The summed E-state index contributed by atoms with van der Waals surface area (Å²) in [6, 6.07) is 5.92. The van der Waals surface area contributed by atoms with Crippen molar-refractivity contribution in [2.24, 2.45) is 5.92 Å². The molecule has 29 heavy (non-hydrogen) atoms. The van der Waals surface area contributed by atoms with Gasteiger partial charge in [0, 0.05) is 49.0 Å². The van der Waals surface area contributed by atoms with Crippen LogP contribution in [0.25, 0.3) is 0 Å². The van der Waals surface area contributed by atoms with E-state index in [1.54, 1.807) is 17.0 Å². The number of hydrogen-bond acceptors (Lipinski definition) is 5. The second kappa shape index (κ2) is 8.34. The van der Waals surface area contributed by atoms with Crippen LogP contribution in [0.5, 0.6) is 0 Å². The SMILES string of the molecule is O=C(c1cccc([N+](=O)[O-])c1)N1CCC2(CC1)SCCN2C(=O)C1CCCCC1. The molecule has 2 amide bonds. The summed E-state index contributed by atoms with van der Waals surface area (Å²) in [6.07, 6.45) is 7.07. The molecule has 1 aliphatic carbocycles. The number of rotatable bonds is 3. The molecule has 1 aromatic carbocycles. The number of nitrogens with zero attached hydrogens (tertiary/aromatic N) is 3. The summed E-state index contributed by atoms with van der Waals surface area (Å²) in [5.41, 5.74) is 0.282. The normalized spacial score (nSPS) is 22.1. The summed E-state index contributed by atoms with van der Waals surface area (Å²) in [5, 5.41) is 11.0. The zero-order valence-electron chi connectivity index (χ0n) is 16.5. The van der Waals surface area contributed by atoms with Crippen molar-refractivity contribution in [1.29, 1.82) is 0 Å². The van der Waals surface area contributed by atoms with Crippen LogP contribution >= 0.6 is 11.8 Å². The molecule has 156 valence electrons. The van der Waals surface area contributed by atoms with Gasteiger partial charge in [-0.05, 0) is 31.7 Å². The molecule has 0 N–H and O–H groups in total. The van der Waals surface area contributed by atoms with Crippen LogP contribution in [0.3, 0.4) is 0 Å². The fourth-order valence-electron chi connectivity index (χ4n) is 4.90. The van der Waals surface area contributed by atoms with Gasteiger partial charge >= 0.3 is 0 Å². The third kappa shape index (κ3) is 3.99. The van der Waals surface area contributed by atoms with E-state index in [0.29, 0.717) is 24.6 Å². The largest absolute Gasteiger partial charge is 0.338 e. The predicted octanol–water partition coefficient (Wildman–Crippen LogP) is 3.68. The van der Waals surface area contributed by atoms with Crippen LogP contribution in [0.1, 0.15) is 55.3 Å². The molecule has 1 aromatic rings. The first-order valence-electron chi connectivity index (χ1n) is 10.5. The molecule has 0 atom stereocenters. The van der Waals surface area contributed by atoms with Gasteiger partial charge in [0.15, 0.2) is 0 Å². The first-order valence-corrected chi connectivity index (χ1v) is 11.5. The molecule has 0 unspecified atom stereocenters. The summed E-state index contributed by atoms with van der Waals surface area (Å²) in [4.78, 5) is 40.2. The minimum atomic E-state index is -0.480. The highest BCUT2D eigenvalue weighted by molar-refractivity contribution is 8.00. The fourth-order valence-corrected chi connectivity index (χ4v) is 6.36. The van der Waals surface area contributed by atoms with Crippen molar-refractivity contribution in [3.05, 3.63) is 39.9 Å². The lowest BCUT2D eigenvalue weighted by Gasteiger charge is -2.45. The van der Waals surface area contributed by atoms with Crippen LogP contribution < -0.4 is 0 Å². The standard InChI is InChI=1S/C21H27N3O4S/c25-19(17-7-4-8-18(15-17)24(27)28)22-11-9-21(10-12-22)23(13-14-29-21)20(26)16-5-2-1-3-6-16/h4,7-8,15-16H,1-3,5-6,9-14H2. The van der Waals surface area contributed by atoms with E-state index < -0.39 is 4.92 Å². The van der Waals surface area contributed by atoms with E-state index in [1.807, 2.05) is 11.8 Å². The van der Waals surface area contributed by atoms with E-state index in [0.717, 1.165) is 50.8 Å². The van der Waals surface area contributed by atoms with Crippen molar-refractivity contribution in [3.8, 4) is 0 Å². The number of piperidine rings is 1. The van der Waals surface area contributed by atoms with Gasteiger partial charge in [-0.15, -0.1) is 11.8 Å². The summed E-state index contributed by atoms with van der Waals surface area (Å²) >= 11 is 1.86. The monoisotopic (exact) mass is 417 g/mol. The number of benzene rings is 1. The first-order chi connectivity index (χ1) is 14.0. The quantitative estimate of drug-likeness (QED) is 0.553. The number of likely N-dealkylation sites (tertiary alicyclic amines) is 1. The van der Waals surface area contributed by atoms with E-state index >= 15 is 0 Å². The van der Waals surface area contributed by atoms with Crippen LogP contribution in [0.2, 0.25) is 0 Å². The Hall–Kier alpha value is -2.09.